The van der Waals surface area contributed by atoms with Gasteiger partial charge in [0.1, 0.15) is 98.1 Å². The molecule has 0 bridgehead atoms. The molecule has 0 radical (unpaired) electrons. The number of methoxy groups -OCH3 is 2. The zero-order chi connectivity index (χ0) is 98.9. The normalized spacial score (nSPS) is 11.4. The van der Waals surface area contributed by atoms with Crippen molar-refractivity contribution in [2.75, 3.05) is 68.1 Å². The van der Waals surface area contributed by atoms with Crippen molar-refractivity contribution >= 4 is 134 Å². The second kappa shape index (κ2) is 47.0. The van der Waals surface area contributed by atoms with Crippen LogP contribution in [0.4, 0.5) is 61.4 Å². The monoisotopic (exact) mass is 1960 g/mol. The van der Waals surface area contributed by atoms with E-state index in [0.717, 1.165) is 142 Å². The SMILES string of the molecule is CCc1cc(Nc2nnco2)nc(-c2cccc3ccccc23)n1.CCc1ncsc1Nc1cc(-c2cccc(C)c2)nc(Oc2ccc3ncsc3c2)n1.CN(C)CCOc1ccc2c(Nc3nncs3)nc(Cc3ccc(C#N)cc3)nc2c1.COCc1ncoc1Nc1nc(CCc2cccc(F)c2)nc(C)c1C.COc1ccc2c(Nc3ocnc3C3CC3)nc(Oc3ccc(CC#N)cc3)nc2c1. The number of ether oxygens (including phenoxy) is 5. The molecule has 38 heteroatoms. The van der Waals surface area contributed by atoms with Gasteiger partial charge < -0.3 is 63.1 Å². The number of benzene rings is 9. The van der Waals surface area contributed by atoms with Crippen molar-refractivity contribution in [2.45, 2.75) is 98.5 Å². The lowest BCUT2D eigenvalue weighted by Gasteiger charge is -2.13. The van der Waals surface area contributed by atoms with E-state index in [-0.39, 0.29) is 17.8 Å². The second-order valence-corrected chi connectivity index (χ2v) is 35.3. The largest absolute Gasteiger partial charge is 0.497 e. The third-order valence-corrected chi connectivity index (χ3v) is 24.5. The highest BCUT2D eigenvalue weighted by Crippen LogP contribution is 2.44. The van der Waals surface area contributed by atoms with Crippen molar-refractivity contribution in [3.8, 4) is 69.8 Å². The van der Waals surface area contributed by atoms with Crippen LogP contribution in [0.3, 0.4) is 0 Å². The van der Waals surface area contributed by atoms with E-state index in [2.05, 4.69) is 175 Å². The van der Waals surface area contributed by atoms with Gasteiger partial charge in [-0.05, 0) is 173 Å². The van der Waals surface area contributed by atoms with Crippen molar-refractivity contribution in [3.05, 3.63) is 321 Å². The number of aromatic nitrogens is 18. The van der Waals surface area contributed by atoms with Gasteiger partial charge in [0.15, 0.2) is 18.6 Å². The maximum absolute atomic E-state index is 13.3. The van der Waals surface area contributed by atoms with Crippen molar-refractivity contribution < 1.29 is 41.3 Å². The van der Waals surface area contributed by atoms with Crippen LogP contribution in [0, 0.1) is 49.3 Å². The molecule has 0 atom stereocenters. The fraction of sp³-hybridized carbons (Fsp3) is 0.200. The molecule has 0 saturated heterocycles. The molecule has 34 nitrogen and oxygen atoms in total. The molecule has 9 aromatic carbocycles. The van der Waals surface area contributed by atoms with Gasteiger partial charge in [-0.15, -0.1) is 38.0 Å². The van der Waals surface area contributed by atoms with Crippen LogP contribution in [0.15, 0.2) is 255 Å². The van der Waals surface area contributed by atoms with E-state index in [1.54, 1.807) is 72.7 Å². The van der Waals surface area contributed by atoms with Gasteiger partial charge in [-0.2, -0.15) is 30.5 Å². The molecule has 1 aliphatic carbocycles. The Morgan fingerprint density at radius 3 is 2.03 bits per heavy atom. The van der Waals surface area contributed by atoms with Gasteiger partial charge >= 0.3 is 18.0 Å². The number of anilines is 10. The van der Waals surface area contributed by atoms with Gasteiger partial charge in [-0.3, -0.25) is 5.32 Å². The second-order valence-electron chi connectivity index (χ2n) is 32.8. The summed E-state index contributed by atoms with van der Waals surface area (Å²) >= 11 is 4.53. The van der Waals surface area contributed by atoms with E-state index < -0.39 is 0 Å². The van der Waals surface area contributed by atoms with E-state index in [1.807, 2.05) is 172 Å². The summed E-state index contributed by atoms with van der Waals surface area (Å²) in [6, 6.07) is 69.9. The molecule has 143 heavy (non-hydrogen) atoms. The van der Waals surface area contributed by atoms with Gasteiger partial charge in [0.05, 0.1) is 81.5 Å². The average molecular weight is 1960 g/mol. The number of likely N-dealkylation sites (N-methyl/N-ethyl adjacent to an activating group) is 1. The van der Waals surface area contributed by atoms with Crippen LogP contribution >= 0.6 is 34.0 Å². The number of halogens is 1. The first-order chi connectivity index (χ1) is 69.9. The lowest BCUT2D eigenvalue weighted by atomic mass is 10.0. The number of rotatable bonds is 32. The van der Waals surface area contributed by atoms with Gasteiger partial charge in [0.25, 0.3) is 0 Å². The number of fused-ring (bicyclic) bond motifs is 4. The lowest BCUT2D eigenvalue weighted by molar-refractivity contribution is 0.182. The topological polar surface area (TPSA) is 429 Å². The molecule has 718 valence electrons. The molecule has 5 N–H and O–H groups in total. The van der Waals surface area contributed by atoms with Crippen LogP contribution in [0.2, 0.25) is 0 Å². The Hall–Kier alpha value is -17.2. The van der Waals surface area contributed by atoms with Crippen molar-refractivity contribution in [3.63, 3.8) is 0 Å². The van der Waals surface area contributed by atoms with Gasteiger partial charge in [0, 0.05) is 102 Å². The van der Waals surface area contributed by atoms with Crippen LogP contribution < -0.4 is 45.5 Å². The Labute approximate surface area is 833 Å². The quantitative estimate of drug-likeness (QED) is 0.0261. The molecule has 1 saturated carbocycles. The number of oxazole rings is 2. The zero-order valence-electron chi connectivity index (χ0n) is 79.2. The maximum Gasteiger partial charge on any atom is 0.324 e. The number of nitrogens with one attached hydrogen (secondary N) is 5. The highest BCUT2D eigenvalue weighted by atomic mass is 32.1. The predicted molar refractivity (Wildman–Crippen MR) is 549 cm³/mol. The number of nitrogens with zero attached hydrogens (tertiary/aromatic N) is 21. The number of hydrogen-bond acceptors (Lipinski definition) is 37. The average Bonchev–Trinajstić information content (AvgIpc) is 1.76. The van der Waals surface area contributed by atoms with E-state index in [9.17, 15) is 4.39 Å². The smallest absolute Gasteiger partial charge is 0.324 e. The maximum atomic E-state index is 13.3. The van der Waals surface area contributed by atoms with Crippen molar-refractivity contribution in [1.29, 1.82) is 10.5 Å². The molecule has 1 fully saturated rings. The minimum Gasteiger partial charge on any atom is -0.497 e. The summed E-state index contributed by atoms with van der Waals surface area (Å²) < 4.78 is 58.8. The van der Waals surface area contributed by atoms with E-state index in [0.29, 0.717) is 148 Å². The third-order valence-electron chi connectivity index (χ3n) is 22.3. The van der Waals surface area contributed by atoms with Gasteiger partial charge in [0.2, 0.25) is 23.3 Å². The first-order valence-electron chi connectivity index (χ1n) is 45.5. The van der Waals surface area contributed by atoms with Crippen LogP contribution in [-0.2, 0) is 49.9 Å². The van der Waals surface area contributed by atoms with Crippen LogP contribution in [-0.4, -0.2) is 137 Å². The summed E-state index contributed by atoms with van der Waals surface area (Å²) in [6.07, 6.45) is 10.1. The first kappa shape index (κ1) is 97.5. The number of aryl methyl sites for hydroxylation is 6. The Bertz CT molecular complexity index is 7820. The van der Waals surface area contributed by atoms with Gasteiger partial charge in [-0.25, -0.2) is 54.2 Å². The predicted octanol–water partition coefficient (Wildman–Crippen LogP) is 23.2. The van der Waals surface area contributed by atoms with Crippen molar-refractivity contribution in [1.82, 2.24) is 95.1 Å². The fourth-order valence-electron chi connectivity index (χ4n) is 14.7. The highest BCUT2D eigenvalue weighted by molar-refractivity contribution is 7.16. The molecule has 20 aromatic rings. The first-order valence-corrected chi connectivity index (χ1v) is 48.2. The van der Waals surface area contributed by atoms with E-state index >= 15 is 0 Å². The van der Waals surface area contributed by atoms with E-state index in [1.165, 1.54) is 48.2 Å². The summed E-state index contributed by atoms with van der Waals surface area (Å²) in [7, 11) is 7.23. The summed E-state index contributed by atoms with van der Waals surface area (Å²) in [5.74, 6) is 9.21. The minimum atomic E-state index is -0.234. The number of hydrogen-bond donors (Lipinski definition) is 5. The fourth-order valence-corrected chi connectivity index (χ4v) is 16.7. The molecule has 0 aliphatic heterocycles. The molecule has 11 aromatic heterocycles. The third kappa shape index (κ3) is 26.1. The lowest BCUT2D eigenvalue weighted by Crippen LogP contribution is -2.19. The summed E-state index contributed by atoms with van der Waals surface area (Å²) in [4.78, 5) is 65.7. The molecule has 1 aliphatic rings. The molecular weight excluding hydrogens is 1870 g/mol. The summed E-state index contributed by atoms with van der Waals surface area (Å²) in [5, 5.41) is 55.0. The Morgan fingerprint density at radius 1 is 0.524 bits per heavy atom. The van der Waals surface area contributed by atoms with Crippen LogP contribution in [0.25, 0.3) is 65.4 Å². The molecule has 21 rings (SSSR count). The highest BCUT2D eigenvalue weighted by Gasteiger charge is 2.31. The number of nitriles is 2. The Balaban J connectivity index is 0.000000123. The Morgan fingerprint density at radius 2 is 1.26 bits per heavy atom. The zero-order valence-corrected chi connectivity index (χ0v) is 81.7. The van der Waals surface area contributed by atoms with E-state index in [4.69, 9.17) is 57.4 Å². The Kier molecular flexibility index (Phi) is 32.0. The summed E-state index contributed by atoms with van der Waals surface area (Å²) in [6.45, 7) is 11.9. The molecular formula is C105H95FN26O8S3. The molecule has 11 heterocycles. The van der Waals surface area contributed by atoms with Crippen LogP contribution in [0.1, 0.15) is 106 Å². The standard InChI is InChI=1S/C23H19N5O3.C23H19N5OS2.C22H21N7OS.C19H21FN4O2.C18H15N5O/c1-29-17-8-9-18-19(12-17)26-23(31-16-6-2-14(3-7-16)10-11-24)28-21(18)27-22-20(15-4-5-15)25-13-30-22;1-3-17-22(31-13-24-17)27-21-11-19(15-6-4-5-14(2)9-15)26-23(28-21)29-16-7-8-18-20(10-16)30-12-25-18;1-29(2)9-10-30-17-7-8-18-19(12-17)25-20(11-15-3-5-16(13-23)6-4-15)26-21(18)27-22-28-24-14-31-22;1-12-13(2)22-17(8-7-14-5-4-6-15(20)9-14)23-18(12)24-19-16(10-25-3)21-11-26-19;1-2-13-10-16(22-18-23-19-11-24-18)21-17(20-13)15-9-5-7-12-6-3-4-8-14(12)15/h2-3,6-9,12-13,15H,4-5,10H2,1H3,(H,26,27,28);4-13H,3H2,1-2H3,(H,26,27,28);3-8,12,14H,9-11H2,1-2H3,(H,25,26,27,28);4-6,9,11H,7-8,10H2,1-3H3,(H,22,23,24);3-11H,2H2,1H3,(H,20,21,22,23). The summed E-state index contributed by atoms with van der Waals surface area (Å²) in [5.41, 5.74) is 20.5. The van der Waals surface area contributed by atoms with Crippen molar-refractivity contribution in [2.24, 2.45) is 0 Å². The minimum absolute atomic E-state index is 0.184. The van der Waals surface area contributed by atoms with Crippen LogP contribution in [0.5, 0.6) is 35.0 Å². The molecule has 0 unspecified atom stereocenters. The molecule has 0 spiro atoms. The molecule has 0 amide bonds. The van der Waals surface area contributed by atoms with Gasteiger partial charge in [-0.1, -0.05) is 133 Å². The number of thiazole rings is 2.